The number of rotatable bonds is 7. The van der Waals surface area contributed by atoms with Crippen LogP contribution < -0.4 is 5.32 Å². The Balaban J connectivity index is 1.21. The SMILES string of the molecule is O=C(NCCc1ccccn1)[C@H]1C[C@@H]2CCN(C(=O)CCc3cncnc3)C[C@H]2O1. The van der Waals surface area contributed by atoms with Crippen molar-refractivity contribution in [3.63, 3.8) is 0 Å². The van der Waals surface area contributed by atoms with Crippen LogP contribution >= 0.6 is 0 Å². The molecule has 8 nitrogen and oxygen atoms in total. The zero-order valence-electron chi connectivity index (χ0n) is 16.9. The monoisotopic (exact) mass is 409 g/mol. The summed E-state index contributed by atoms with van der Waals surface area (Å²) < 4.78 is 6.03. The van der Waals surface area contributed by atoms with E-state index in [0.29, 0.717) is 38.3 Å². The number of aryl methyl sites for hydroxylation is 1. The number of pyridine rings is 1. The Morgan fingerprint density at radius 2 is 2.07 bits per heavy atom. The van der Waals surface area contributed by atoms with Crippen molar-refractivity contribution >= 4 is 11.8 Å². The molecule has 2 aromatic rings. The number of nitrogens with zero attached hydrogens (tertiary/aromatic N) is 4. The largest absolute Gasteiger partial charge is 0.363 e. The van der Waals surface area contributed by atoms with Gasteiger partial charge in [-0.05, 0) is 42.9 Å². The Morgan fingerprint density at radius 3 is 2.87 bits per heavy atom. The van der Waals surface area contributed by atoms with Gasteiger partial charge in [-0.3, -0.25) is 14.6 Å². The summed E-state index contributed by atoms with van der Waals surface area (Å²) in [6.45, 7) is 1.83. The van der Waals surface area contributed by atoms with Crippen LogP contribution in [-0.2, 0) is 27.2 Å². The molecule has 2 saturated heterocycles. The van der Waals surface area contributed by atoms with Gasteiger partial charge >= 0.3 is 0 Å². The van der Waals surface area contributed by atoms with Crippen LogP contribution in [0.3, 0.4) is 0 Å². The standard InChI is InChI=1S/C22H27N5O3/c28-21(5-4-16-12-23-15-24-13-16)27-10-7-17-11-19(30-20(17)14-27)22(29)26-9-6-18-3-1-2-8-25-18/h1-3,8,12-13,15,17,19-20H,4-7,9-11,14H2,(H,26,29)/t17-,19+,20+/m0/s1. The van der Waals surface area contributed by atoms with Gasteiger partial charge in [0.15, 0.2) is 0 Å². The summed E-state index contributed by atoms with van der Waals surface area (Å²) in [4.78, 5) is 39.2. The second-order valence-corrected chi connectivity index (χ2v) is 7.90. The van der Waals surface area contributed by atoms with E-state index in [9.17, 15) is 9.59 Å². The predicted octanol–water partition coefficient (Wildman–Crippen LogP) is 1.17. The molecule has 30 heavy (non-hydrogen) atoms. The number of carbonyl (C=O) groups is 2. The molecular formula is C22H27N5O3. The van der Waals surface area contributed by atoms with Crippen molar-refractivity contribution in [3.05, 3.63) is 54.4 Å². The molecule has 0 saturated carbocycles. The molecule has 0 aliphatic carbocycles. The zero-order chi connectivity index (χ0) is 20.8. The third kappa shape index (κ3) is 5.18. The number of aromatic nitrogens is 3. The lowest BCUT2D eigenvalue weighted by Crippen LogP contribution is -2.45. The van der Waals surface area contributed by atoms with Crippen molar-refractivity contribution in [2.75, 3.05) is 19.6 Å². The molecule has 2 fully saturated rings. The number of ether oxygens (including phenoxy) is 1. The number of hydrogen-bond acceptors (Lipinski definition) is 6. The molecule has 0 unspecified atom stereocenters. The predicted molar refractivity (Wildman–Crippen MR) is 109 cm³/mol. The van der Waals surface area contributed by atoms with E-state index >= 15 is 0 Å². The van der Waals surface area contributed by atoms with Crippen molar-refractivity contribution in [1.82, 2.24) is 25.2 Å². The van der Waals surface area contributed by atoms with Crippen molar-refractivity contribution in [2.45, 2.75) is 44.3 Å². The molecule has 3 atom stereocenters. The van der Waals surface area contributed by atoms with E-state index in [-0.39, 0.29) is 17.9 Å². The van der Waals surface area contributed by atoms with Crippen LogP contribution in [0.1, 0.15) is 30.5 Å². The molecule has 0 radical (unpaired) electrons. The molecule has 0 aromatic carbocycles. The quantitative estimate of drug-likeness (QED) is 0.737. The highest BCUT2D eigenvalue weighted by molar-refractivity contribution is 5.81. The number of nitrogens with one attached hydrogen (secondary N) is 1. The Morgan fingerprint density at radius 1 is 1.20 bits per heavy atom. The van der Waals surface area contributed by atoms with E-state index in [0.717, 1.165) is 30.6 Å². The normalized spacial score (nSPS) is 23.1. The fourth-order valence-electron chi connectivity index (χ4n) is 4.17. The van der Waals surface area contributed by atoms with Crippen LogP contribution in [0, 0.1) is 5.92 Å². The Hall–Kier alpha value is -2.87. The first-order valence-corrected chi connectivity index (χ1v) is 10.5. The minimum atomic E-state index is -0.430. The lowest BCUT2D eigenvalue weighted by atomic mass is 9.91. The van der Waals surface area contributed by atoms with Gasteiger partial charge in [-0.2, -0.15) is 0 Å². The highest BCUT2D eigenvalue weighted by atomic mass is 16.5. The van der Waals surface area contributed by atoms with Crippen molar-refractivity contribution in [1.29, 1.82) is 0 Å². The van der Waals surface area contributed by atoms with Gasteiger partial charge in [-0.15, -0.1) is 0 Å². The van der Waals surface area contributed by atoms with E-state index in [4.69, 9.17) is 4.74 Å². The van der Waals surface area contributed by atoms with E-state index in [1.54, 1.807) is 18.6 Å². The maximum Gasteiger partial charge on any atom is 0.249 e. The average molecular weight is 409 g/mol. The summed E-state index contributed by atoms with van der Waals surface area (Å²) in [5, 5.41) is 2.96. The summed E-state index contributed by atoms with van der Waals surface area (Å²) in [7, 11) is 0. The summed E-state index contributed by atoms with van der Waals surface area (Å²) in [5.41, 5.74) is 1.91. The number of likely N-dealkylation sites (tertiary alicyclic amines) is 1. The van der Waals surface area contributed by atoms with Crippen molar-refractivity contribution in [2.24, 2.45) is 5.92 Å². The van der Waals surface area contributed by atoms with Crippen LogP contribution in [0.2, 0.25) is 0 Å². The highest BCUT2D eigenvalue weighted by Crippen LogP contribution is 2.33. The molecule has 158 valence electrons. The van der Waals surface area contributed by atoms with Crippen molar-refractivity contribution in [3.8, 4) is 0 Å². The fraction of sp³-hybridized carbons (Fsp3) is 0.500. The summed E-state index contributed by atoms with van der Waals surface area (Å²) >= 11 is 0. The number of fused-ring (bicyclic) bond motifs is 1. The molecule has 4 rings (SSSR count). The van der Waals surface area contributed by atoms with Gasteiger partial charge < -0.3 is 15.0 Å². The molecule has 2 aliphatic rings. The van der Waals surface area contributed by atoms with Gasteiger partial charge in [0.2, 0.25) is 11.8 Å². The first kappa shape index (κ1) is 20.4. The van der Waals surface area contributed by atoms with Crippen LogP contribution in [0.15, 0.2) is 43.1 Å². The van der Waals surface area contributed by atoms with Gasteiger partial charge in [-0.25, -0.2) is 9.97 Å². The molecule has 2 aliphatic heterocycles. The number of hydrogen-bond donors (Lipinski definition) is 1. The third-order valence-corrected chi connectivity index (χ3v) is 5.85. The lowest BCUT2D eigenvalue weighted by Gasteiger charge is -2.34. The number of piperidine rings is 1. The first-order chi connectivity index (χ1) is 14.7. The Labute approximate surface area is 176 Å². The second-order valence-electron chi connectivity index (χ2n) is 7.90. The van der Waals surface area contributed by atoms with Crippen molar-refractivity contribution < 1.29 is 14.3 Å². The van der Waals surface area contributed by atoms with Crippen LogP contribution in [0.4, 0.5) is 0 Å². The molecular weight excluding hydrogens is 382 g/mol. The molecule has 0 bridgehead atoms. The number of carbonyl (C=O) groups excluding carboxylic acids is 2. The topological polar surface area (TPSA) is 97.3 Å². The minimum Gasteiger partial charge on any atom is -0.363 e. The zero-order valence-corrected chi connectivity index (χ0v) is 16.9. The van der Waals surface area contributed by atoms with Gasteiger partial charge in [-0.1, -0.05) is 6.07 Å². The highest BCUT2D eigenvalue weighted by Gasteiger charge is 2.42. The Kier molecular flexibility index (Phi) is 6.63. The molecule has 2 amide bonds. The van der Waals surface area contributed by atoms with Gasteiger partial charge in [0.05, 0.1) is 6.10 Å². The summed E-state index contributed by atoms with van der Waals surface area (Å²) in [6, 6.07) is 5.76. The maximum absolute atomic E-state index is 12.6. The maximum atomic E-state index is 12.6. The molecule has 8 heteroatoms. The molecule has 1 N–H and O–H groups in total. The minimum absolute atomic E-state index is 0.0608. The smallest absolute Gasteiger partial charge is 0.249 e. The van der Waals surface area contributed by atoms with Gasteiger partial charge in [0.25, 0.3) is 0 Å². The lowest BCUT2D eigenvalue weighted by molar-refractivity contribution is -0.138. The summed E-state index contributed by atoms with van der Waals surface area (Å²) in [5.74, 6) is 0.384. The van der Waals surface area contributed by atoms with E-state index in [1.165, 1.54) is 6.33 Å². The second kappa shape index (κ2) is 9.75. The molecule has 4 heterocycles. The number of amides is 2. The first-order valence-electron chi connectivity index (χ1n) is 10.5. The van der Waals surface area contributed by atoms with Crippen LogP contribution in [0.25, 0.3) is 0 Å². The fourth-order valence-corrected chi connectivity index (χ4v) is 4.17. The summed E-state index contributed by atoms with van der Waals surface area (Å²) in [6.07, 6.45) is 9.59. The van der Waals surface area contributed by atoms with E-state index < -0.39 is 6.10 Å². The van der Waals surface area contributed by atoms with Gasteiger partial charge in [0, 0.05) is 56.8 Å². The third-order valence-electron chi connectivity index (χ3n) is 5.85. The van der Waals surface area contributed by atoms with Crippen LogP contribution in [-0.4, -0.2) is 63.5 Å². The van der Waals surface area contributed by atoms with Gasteiger partial charge in [0.1, 0.15) is 12.4 Å². The van der Waals surface area contributed by atoms with Crippen LogP contribution in [0.5, 0.6) is 0 Å². The molecule has 0 spiro atoms. The van der Waals surface area contributed by atoms with E-state index in [1.807, 2.05) is 23.1 Å². The average Bonchev–Trinajstić information content (AvgIpc) is 3.22. The molecule has 2 aromatic heterocycles. The van der Waals surface area contributed by atoms with E-state index in [2.05, 4.69) is 20.3 Å². The Bertz CT molecular complexity index is 848.